The van der Waals surface area contributed by atoms with Crippen molar-refractivity contribution in [3.8, 4) is 0 Å². The van der Waals surface area contributed by atoms with Crippen LogP contribution in [0.4, 0.5) is 0 Å². The van der Waals surface area contributed by atoms with Crippen LogP contribution in [0.3, 0.4) is 0 Å². The Hall–Kier alpha value is -1.53. The van der Waals surface area contributed by atoms with Crippen molar-refractivity contribution in [1.82, 2.24) is 19.8 Å². The number of rotatable bonds is 3. The molecule has 0 N–H and O–H groups in total. The highest BCUT2D eigenvalue weighted by atomic mass is 16.5. The van der Waals surface area contributed by atoms with Gasteiger partial charge in [-0.1, -0.05) is 0 Å². The molecule has 2 fully saturated rings. The molecule has 0 aliphatic carbocycles. The van der Waals surface area contributed by atoms with Crippen LogP contribution in [0, 0.1) is 0 Å². The molecule has 2 saturated heterocycles. The topological polar surface area (TPSA) is 58.6 Å². The molecule has 2 aliphatic rings. The lowest BCUT2D eigenvalue weighted by atomic mass is 10.2. The Labute approximate surface area is 125 Å². The van der Waals surface area contributed by atoms with Crippen LogP contribution in [0.1, 0.15) is 29.8 Å². The van der Waals surface area contributed by atoms with E-state index < -0.39 is 0 Å². The molecule has 0 saturated carbocycles. The van der Waals surface area contributed by atoms with E-state index in [1.165, 1.54) is 19.0 Å². The zero-order valence-corrected chi connectivity index (χ0v) is 12.3. The largest absolute Gasteiger partial charge is 0.377 e. The molecular formula is C15H22N4O2. The molecule has 0 spiro atoms. The van der Waals surface area contributed by atoms with Gasteiger partial charge in [-0.2, -0.15) is 0 Å². The molecule has 1 aromatic heterocycles. The second-order valence-electron chi connectivity index (χ2n) is 5.67. The average molecular weight is 290 g/mol. The normalized spacial score (nSPS) is 24.0. The van der Waals surface area contributed by atoms with Gasteiger partial charge in [-0.05, 0) is 25.8 Å². The van der Waals surface area contributed by atoms with Gasteiger partial charge in [0.25, 0.3) is 5.91 Å². The highest BCUT2D eigenvalue weighted by Gasteiger charge is 2.24. The Morgan fingerprint density at radius 1 is 1.24 bits per heavy atom. The molecule has 3 rings (SSSR count). The lowest BCUT2D eigenvalue weighted by Crippen LogP contribution is -2.37. The Morgan fingerprint density at radius 2 is 2.19 bits per heavy atom. The van der Waals surface area contributed by atoms with Gasteiger partial charge in [0.2, 0.25) is 0 Å². The van der Waals surface area contributed by atoms with Gasteiger partial charge in [0.05, 0.1) is 12.3 Å². The summed E-state index contributed by atoms with van der Waals surface area (Å²) in [5, 5.41) is 0. The zero-order valence-electron chi connectivity index (χ0n) is 12.3. The molecule has 0 unspecified atom stereocenters. The first-order valence-corrected chi connectivity index (χ1v) is 7.72. The van der Waals surface area contributed by atoms with Gasteiger partial charge in [0.1, 0.15) is 5.69 Å². The SMILES string of the molecule is O=C(c1cnccn1)N1CCCN(C[C@H]2CCCO2)CC1. The second kappa shape index (κ2) is 6.95. The third-order valence-corrected chi connectivity index (χ3v) is 4.14. The van der Waals surface area contributed by atoms with E-state index in [1.807, 2.05) is 4.90 Å². The zero-order chi connectivity index (χ0) is 14.5. The molecule has 0 bridgehead atoms. The molecule has 2 aliphatic heterocycles. The summed E-state index contributed by atoms with van der Waals surface area (Å²) in [5.41, 5.74) is 0.435. The van der Waals surface area contributed by atoms with E-state index in [9.17, 15) is 4.79 Å². The van der Waals surface area contributed by atoms with Crippen molar-refractivity contribution in [3.63, 3.8) is 0 Å². The van der Waals surface area contributed by atoms with Crippen molar-refractivity contribution < 1.29 is 9.53 Å². The third kappa shape index (κ3) is 3.77. The molecule has 0 radical (unpaired) electrons. The van der Waals surface area contributed by atoms with Gasteiger partial charge < -0.3 is 9.64 Å². The summed E-state index contributed by atoms with van der Waals surface area (Å²) in [5.74, 6) is -0.0120. The lowest BCUT2D eigenvalue weighted by molar-refractivity contribution is 0.0701. The Morgan fingerprint density at radius 3 is 2.95 bits per heavy atom. The maximum Gasteiger partial charge on any atom is 0.274 e. The standard InChI is InChI=1S/C15H22N4O2/c20-15(14-11-16-4-5-17-14)19-7-2-6-18(8-9-19)12-13-3-1-10-21-13/h4-5,11,13H,1-3,6-10,12H2/t13-/m1/s1. The number of carbonyl (C=O) groups excluding carboxylic acids is 1. The highest BCUT2D eigenvalue weighted by molar-refractivity contribution is 5.91. The highest BCUT2D eigenvalue weighted by Crippen LogP contribution is 2.15. The van der Waals surface area contributed by atoms with Crippen LogP contribution in [0.5, 0.6) is 0 Å². The van der Waals surface area contributed by atoms with Gasteiger partial charge in [0.15, 0.2) is 0 Å². The smallest absolute Gasteiger partial charge is 0.274 e. The van der Waals surface area contributed by atoms with Crippen LogP contribution < -0.4 is 0 Å². The summed E-state index contributed by atoms with van der Waals surface area (Å²) in [6.45, 7) is 5.37. The maximum absolute atomic E-state index is 12.4. The Kier molecular flexibility index (Phi) is 4.77. The molecule has 21 heavy (non-hydrogen) atoms. The predicted octanol–water partition coefficient (Wildman–Crippen LogP) is 0.803. The summed E-state index contributed by atoms with van der Waals surface area (Å²) in [6.07, 6.45) is 8.41. The van der Waals surface area contributed by atoms with E-state index in [1.54, 1.807) is 12.4 Å². The van der Waals surface area contributed by atoms with E-state index in [0.717, 1.165) is 45.8 Å². The fourth-order valence-electron chi connectivity index (χ4n) is 3.00. The van der Waals surface area contributed by atoms with Crippen LogP contribution in [0.15, 0.2) is 18.6 Å². The van der Waals surface area contributed by atoms with Crippen LogP contribution in [0.2, 0.25) is 0 Å². The van der Waals surface area contributed by atoms with Crippen molar-refractivity contribution >= 4 is 5.91 Å². The van der Waals surface area contributed by atoms with Crippen molar-refractivity contribution in [3.05, 3.63) is 24.3 Å². The second-order valence-corrected chi connectivity index (χ2v) is 5.67. The van der Waals surface area contributed by atoms with Crippen molar-refractivity contribution in [2.45, 2.75) is 25.4 Å². The average Bonchev–Trinajstić information content (AvgIpc) is 2.92. The first-order valence-electron chi connectivity index (χ1n) is 7.72. The Bertz CT molecular complexity index is 462. The summed E-state index contributed by atoms with van der Waals surface area (Å²) < 4.78 is 5.70. The molecule has 1 atom stereocenters. The molecule has 6 heteroatoms. The summed E-state index contributed by atoms with van der Waals surface area (Å²) >= 11 is 0. The molecule has 1 aromatic rings. The quantitative estimate of drug-likeness (QED) is 0.824. The Balaban J connectivity index is 1.54. The first kappa shape index (κ1) is 14.4. The van der Waals surface area contributed by atoms with Gasteiger partial charge in [-0.3, -0.25) is 14.7 Å². The number of aromatic nitrogens is 2. The monoisotopic (exact) mass is 290 g/mol. The molecule has 114 valence electrons. The number of ether oxygens (including phenoxy) is 1. The van der Waals surface area contributed by atoms with Crippen molar-refractivity contribution in [1.29, 1.82) is 0 Å². The van der Waals surface area contributed by atoms with Crippen molar-refractivity contribution in [2.24, 2.45) is 0 Å². The summed E-state index contributed by atoms with van der Waals surface area (Å²) in [6, 6.07) is 0. The van der Waals surface area contributed by atoms with Crippen LogP contribution in [-0.2, 0) is 4.74 Å². The summed E-state index contributed by atoms with van der Waals surface area (Å²) in [7, 11) is 0. The van der Waals surface area contributed by atoms with E-state index in [0.29, 0.717) is 11.8 Å². The minimum atomic E-state index is -0.0120. The molecule has 1 amide bonds. The number of nitrogens with zero attached hydrogens (tertiary/aromatic N) is 4. The van der Waals surface area contributed by atoms with E-state index in [-0.39, 0.29) is 5.91 Å². The van der Waals surface area contributed by atoms with Crippen LogP contribution in [0.25, 0.3) is 0 Å². The molecule has 3 heterocycles. The fourth-order valence-corrected chi connectivity index (χ4v) is 3.00. The molecule has 6 nitrogen and oxygen atoms in total. The van der Waals surface area contributed by atoms with Gasteiger partial charge in [-0.25, -0.2) is 4.98 Å². The number of carbonyl (C=O) groups is 1. The van der Waals surface area contributed by atoms with Gasteiger partial charge in [0, 0.05) is 45.2 Å². The minimum Gasteiger partial charge on any atom is -0.377 e. The lowest BCUT2D eigenvalue weighted by Gasteiger charge is -2.23. The van der Waals surface area contributed by atoms with E-state index >= 15 is 0 Å². The van der Waals surface area contributed by atoms with Gasteiger partial charge in [-0.15, -0.1) is 0 Å². The molecule has 0 aromatic carbocycles. The summed E-state index contributed by atoms with van der Waals surface area (Å²) in [4.78, 5) is 24.8. The van der Waals surface area contributed by atoms with Gasteiger partial charge >= 0.3 is 0 Å². The first-order chi connectivity index (χ1) is 10.3. The fraction of sp³-hybridized carbons (Fsp3) is 0.667. The van der Waals surface area contributed by atoms with Crippen molar-refractivity contribution in [2.75, 3.05) is 39.3 Å². The predicted molar refractivity (Wildman–Crippen MR) is 78.0 cm³/mol. The molecular weight excluding hydrogens is 268 g/mol. The van der Waals surface area contributed by atoms with Crippen LogP contribution in [-0.4, -0.2) is 71.1 Å². The maximum atomic E-state index is 12.4. The number of amides is 1. The third-order valence-electron chi connectivity index (χ3n) is 4.14. The number of hydrogen-bond donors (Lipinski definition) is 0. The number of hydrogen-bond acceptors (Lipinski definition) is 5. The van der Waals surface area contributed by atoms with E-state index in [2.05, 4.69) is 14.9 Å². The van der Waals surface area contributed by atoms with E-state index in [4.69, 9.17) is 4.74 Å². The van der Waals surface area contributed by atoms with Crippen LogP contribution >= 0.6 is 0 Å². The minimum absolute atomic E-state index is 0.0120.